The molecule has 0 amide bonds. The van der Waals surface area contributed by atoms with Crippen LogP contribution in [0, 0.1) is 19.3 Å². The highest BCUT2D eigenvalue weighted by Gasteiger charge is 2.24. The van der Waals surface area contributed by atoms with Crippen molar-refractivity contribution in [1.29, 1.82) is 0 Å². The van der Waals surface area contributed by atoms with Crippen LogP contribution in [0.2, 0.25) is 0 Å². The van der Waals surface area contributed by atoms with E-state index in [1.165, 1.54) is 18.2 Å². The molecule has 3 N–H and O–H groups in total. The topological polar surface area (TPSA) is 98.4 Å². The van der Waals surface area contributed by atoms with E-state index in [-0.39, 0.29) is 45.0 Å². The highest BCUT2D eigenvalue weighted by atomic mass is 19.1. The quantitative estimate of drug-likeness (QED) is 0.455. The van der Waals surface area contributed by atoms with E-state index in [4.69, 9.17) is 16.7 Å². The minimum absolute atomic E-state index is 0.0492. The molecule has 8 heteroatoms. The fraction of sp³-hybridized carbons (Fsp3) is 0.130. The number of rotatable bonds is 4. The van der Waals surface area contributed by atoms with E-state index in [1.807, 2.05) is 6.07 Å². The SMILES string of the molecule is [C-]#[N+]c1c(N)nc(C)nc1NC(C)c1c(-c2ccccc2)oc2c(F)cccc2c1=O. The highest BCUT2D eigenvalue weighted by Crippen LogP contribution is 2.34. The van der Waals surface area contributed by atoms with Gasteiger partial charge in [-0.2, -0.15) is 0 Å². The molecule has 0 saturated carbocycles. The Balaban J connectivity index is 1.94. The fourth-order valence-electron chi connectivity index (χ4n) is 3.47. The van der Waals surface area contributed by atoms with E-state index < -0.39 is 11.9 Å². The van der Waals surface area contributed by atoms with Gasteiger partial charge in [-0.25, -0.2) is 19.2 Å². The lowest BCUT2D eigenvalue weighted by molar-refractivity contribution is 0.553. The molecule has 0 radical (unpaired) electrons. The predicted octanol–water partition coefficient (Wildman–Crippen LogP) is 5.00. The van der Waals surface area contributed by atoms with Gasteiger partial charge in [0.1, 0.15) is 23.2 Å². The molecule has 154 valence electrons. The monoisotopic (exact) mass is 415 g/mol. The Kier molecular flexibility index (Phi) is 5.09. The Morgan fingerprint density at radius 2 is 1.90 bits per heavy atom. The van der Waals surface area contributed by atoms with E-state index in [0.717, 1.165) is 0 Å². The van der Waals surface area contributed by atoms with Crippen LogP contribution in [0.3, 0.4) is 0 Å². The van der Waals surface area contributed by atoms with Gasteiger partial charge in [0.05, 0.1) is 23.6 Å². The number of fused-ring (bicyclic) bond motifs is 1. The lowest BCUT2D eigenvalue weighted by Crippen LogP contribution is -2.20. The van der Waals surface area contributed by atoms with E-state index in [1.54, 1.807) is 38.1 Å². The van der Waals surface area contributed by atoms with Crippen molar-refractivity contribution in [2.45, 2.75) is 19.9 Å². The lowest BCUT2D eigenvalue weighted by Gasteiger charge is -2.19. The number of nitrogens with zero attached hydrogens (tertiary/aromatic N) is 3. The predicted molar refractivity (Wildman–Crippen MR) is 117 cm³/mol. The summed E-state index contributed by atoms with van der Waals surface area (Å²) in [6.45, 7) is 10.8. The van der Waals surface area contributed by atoms with Crippen LogP contribution in [0.5, 0.6) is 0 Å². The first kappa shape index (κ1) is 20.0. The van der Waals surface area contributed by atoms with E-state index >= 15 is 0 Å². The summed E-state index contributed by atoms with van der Waals surface area (Å²) >= 11 is 0. The van der Waals surface area contributed by atoms with Gasteiger partial charge in [-0.05, 0) is 26.0 Å². The van der Waals surface area contributed by atoms with Crippen LogP contribution in [-0.4, -0.2) is 9.97 Å². The Morgan fingerprint density at radius 3 is 2.61 bits per heavy atom. The summed E-state index contributed by atoms with van der Waals surface area (Å²) in [6.07, 6.45) is 0. The average molecular weight is 415 g/mol. The van der Waals surface area contributed by atoms with Gasteiger partial charge in [0.15, 0.2) is 16.8 Å². The van der Waals surface area contributed by atoms with Gasteiger partial charge in [0.25, 0.3) is 5.69 Å². The third-order valence-electron chi connectivity index (χ3n) is 4.86. The zero-order valence-electron chi connectivity index (χ0n) is 16.8. The fourth-order valence-corrected chi connectivity index (χ4v) is 3.47. The van der Waals surface area contributed by atoms with Crippen molar-refractivity contribution >= 4 is 28.3 Å². The van der Waals surface area contributed by atoms with E-state index in [2.05, 4.69) is 20.1 Å². The van der Waals surface area contributed by atoms with Crippen LogP contribution < -0.4 is 16.5 Å². The van der Waals surface area contributed by atoms with Gasteiger partial charge in [0.2, 0.25) is 0 Å². The average Bonchev–Trinajstić information content (AvgIpc) is 2.74. The molecule has 31 heavy (non-hydrogen) atoms. The number of anilines is 2. The molecular weight excluding hydrogens is 397 g/mol. The summed E-state index contributed by atoms with van der Waals surface area (Å²) in [5, 5.41) is 3.22. The normalized spacial score (nSPS) is 11.8. The summed E-state index contributed by atoms with van der Waals surface area (Å²) < 4.78 is 20.3. The van der Waals surface area contributed by atoms with Gasteiger partial charge < -0.3 is 15.5 Å². The van der Waals surface area contributed by atoms with Crippen molar-refractivity contribution in [3.63, 3.8) is 0 Å². The first-order valence-electron chi connectivity index (χ1n) is 9.49. The Hall–Kier alpha value is -4.25. The smallest absolute Gasteiger partial charge is 0.268 e. The van der Waals surface area contributed by atoms with Crippen molar-refractivity contribution in [2.75, 3.05) is 11.1 Å². The number of aromatic nitrogens is 2. The van der Waals surface area contributed by atoms with Crippen LogP contribution in [0.15, 0.2) is 57.7 Å². The van der Waals surface area contributed by atoms with Crippen molar-refractivity contribution in [1.82, 2.24) is 9.97 Å². The summed E-state index contributed by atoms with van der Waals surface area (Å²) in [5.74, 6) is 0.272. The number of nitrogens with two attached hydrogens (primary N) is 1. The molecule has 1 unspecified atom stereocenters. The number of hydrogen-bond acceptors (Lipinski definition) is 6. The van der Waals surface area contributed by atoms with Gasteiger partial charge in [0, 0.05) is 5.56 Å². The zero-order valence-corrected chi connectivity index (χ0v) is 16.8. The molecule has 0 fully saturated rings. The van der Waals surface area contributed by atoms with Gasteiger partial charge in [-0.1, -0.05) is 36.4 Å². The van der Waals surface area contributed by atoms with Crippen LogP contribution in [0.25, 0.3) is 27.1 Å². The number of para-hydroxylation sites is 1. The van der Waals surface area contributed by atoms with Crippen LogP contribution in [-0.2, 0) is 0 Å². The molecule has 0 saturated heterocycles. The summed E-state index contributed by atoms with van der Waals surface area (Å²) in [7, 11) is 0. The molecule has 7 nitrogen and oxygen atoms in total. The van der Waals surface area contributed by atoms with E-state index in [9.17, 15) is 9.18 Å². The molecule has 0 bridgehead atoms. The molecule has 4 rings (SSSR count). The molecule has 1 atom stereocenters. The Labute approximate surface area is 177 Å². The van der Waals surface area contributed by atoms with E-state index in [0.29, 0.717) is 11.4 Å². The lowest BCUT2D eigenvalue weighted by atomic mass is 9.99. The summed E-state index contributed by atoms with van der Waals surface area (Å²) in [6, 6.07) is 12.6. The third-order valence-corrected chi connectivity index (χ3v) is 4.86. The number of halogens is 1. The molecule has 0 aliphatic carbocycles. The molecule has 2 aromatic carbocycles. The van der Waals surface area contributed by atoms with Crippen molar-refractivity contribution in [3.05, 3.63) is 87.4 Å². The third kappa shape index (κ3) is 3.57. The van der Waals surface area contributed by atoms with Crippen LogP contribution in [0.4, 0.5) is 21.7 Å². The number of nitrogen functional groups attached to an aromatic ring is 1. The highest BCUT2D eigenvalue weighted by molar-refractivity contribution is 5.82. The zero-order chi connectivity index (χ0) is 22.1. The largest absolute Gasteiger partial charge is 0.452 e. The first-order valence-corrected chi connectivity index (χ1v) is 9.49. The Bertz CT molecular complexity index is 1390. The molecule has 0 aliphatic heterocycles. The first-order chi connectivity index (χ1) is 14.9. The van der Waals surface area contributed by atoms with Crippen molar-refractivity contribution in [3.8, 4) is 11.3 Å². The minimum Gasteiger partial charge on any atom is -0.452 e. The maximum absolute atomic E-state index is 14.4. The summed E-state index contributed by atoms with van der Waals surface area (Å²) in [4.78, 5) is 25.1. The van der Waals surface area contributed by atoms with Crippen LogP contribution >= 0.6 is 0 Å². The maximum Gasteiger partial charge on any atom is 0.268 e. The van der Waals surface area contributed by atoms with Crippen LogP contribution in [0.1, 0.15) is 24.4 Å². The van der Waals surface area contributed by atoms with Crippen molar-refractivity contribution < 1.29 is 8.81 Å². The van der Waals surface area contributed by atoms with Gasteiger partial charge in [-0.3, -0.25) is 4.79 Å². The van der Waals surface area contributed by atoms with Gasteiger partial charge in [-0.15, -0.1) is 0 Å². The molecule has 2 aromatic heterocycles. The second-order valence-corrected chi connectivity index (χ2v) is 6.99. The van der Waals surface area contributed by atoms with Crippen molar-refractivity contribution in [2.24, 2.45) is 0 Å². The molecule has 4 aromatic rings. The number of hydrogen-bond donors (Lipinski definition) is 2. The number of benzene rings is 2. The molecule has 0 spiro atoms. The van der Waals surface area contributed by atoms with Gasteiger partial charge >= 0.3 is 0 Å². The minimum atomic E-state index is -0.631. The molecule has 2 heterocycles. The number of nitrogens with one attached hydrogen (secondary N) is 1. The maximum atomic E-state index is 14.4. The second kappa shape index (κ2) is 7.88. The second-order valence-electron chi connectivity index (χ2n) is 6.99. The number of aryl methyl sites for hydroxylation is 1. The molecule has 0 aliphatic rings. The molecular formula is C23H18FN5O2. The Morgan fingerprint density at radius 1 is 1.16 bits per heavy atom. The standard InChI is InChI=1S/C23H18FN5O2/c1-12(27-23-18(26-3)22(25)28-13(2)29-23)17-19(30)15-10-7-11-16(24)21(15)31-20(17)14-8-5-4-6-9-14/h4-12H,1-2H3,(H3,25,27,28,29). The summed E-state index contributed by atoms with van der Waals surface area (Å²) in [5.41, 5.74) is 6.36.